The summed E-state index contributed by atoms with van der Waals surface area (Å²) in [4.78, 5) is 0. The highest BCUT2D eigenvalue weighted by molar-refractivity contribution is 4.81. The fourth-order valence-electron chi connectivity index (χ4n) is 2.73. The van der Waals surface area contributed by atoms with Crippen LogP contribution in [0.5, 0.6) is 0 Å². The average Bonchev–Trinajstić information content (AvgIpc) is 2.35. The van der Waals surface area contributed by atoms with Crippen molar-refractivity contribution in [1.82, 2.24) is 0 Å². The Balaban J connectivity index is 2.07. The topological polar surface area (TPSA) is 44.5 Å². The molecule has 1 fully saturated rings. The number of nitrogens with two attached hydrogens (primary N) is 1. The second-order valence-electron chi connectivity index (χ2n) is 5.26. The van der Waals surface area contributed by atoms with Crippen LogP contribution in [0, 0.1) is 11.8 Å². The first-order chi connectivity index (χ1) is 8.27. The molecule has 1 aliphatic rings. The van der Waals surface area contributed by atoms with Crippen LogP contribution in [0.3, 0.4) is 0 Å². The molecule has 2 N–H and O–H groups in total. The number of ether oxygens (including phenoxy) is 2. The Kier molecular flexibility index (Phi) is 7.82. The van der Waals surface area contributed by atoms with Crippen molar-refractivity contribution in [2.75, 3.05) is 26.9 Å². The van der Waals surface area contributed by atoms with E-state index >= 15 is 0 Å². The molecule has 3 heteroatoms. The molecule has 0 aromatic carbocycles. The highest BCUT2D eigenvalue weighted by Crippen LogP contribution is 2.32. The summed E-state index contributed by atoms with van der Waals surface area (Å²) in [7, 11) is 1.73. The van der Waals surface area contributed by atoms with E-state index in [0.717, 1.165) is 38.6 Å². The molecule has 17 heavy (non-hydrogen) atoms. The van der Waals surface area contributed by atoms with Crippen LogP contribution >= 0.6 is 0 Å². The first kappa shape index (κ1) is 14.9. The lowest BCUT2D eigenvalue weighted by Gasteiger charge is -2.33. The summed E-state index contributed by atoms with van der Waals surface area (Å²) in [6.07, 6.45) is 7.25. The Morgan fingerprint density at radius 1 is 1.18 bits per heavy atom. The molecule has 0 radical (unpaired) electrons. The van der Waals surface area contributed by atoms with Crippen LogP contribution in [0.25, 0.3) is 0 Å². The molecular formula is C14H29NO2. The number of hydrogen-bond donors (Lipinski definition) is 1. The van der Waals surface area contributed by atoms with Crippen molar-refractivity contribution in [2.24, 2.45) is 17.6 Å². The molecule has 0 bridgehead atoms. The van der Waals surface area contributed by atoms with Gasteiger partial charge in [0.05, 0.1) is 0 Å². The zero-order valence-corrected chi connectivity index (χ0v) is 11.5. The quantitative estimate of drug-likeness (QED) is 0.666. The third kappa shape index (κ3) is 5.84. The van der Waals surface area contributed by atoms with Gasteiger partial charge in [-0.15, -0.1) is 0 Å². The molecule has 0 aromatic heterocycles. The van der Waals surface area contributed by atoms with E-state index in [4.69, 9.17) is 15.2 Å². The molecule has 0 aromatic rings. The lowest BCUT2D eigenvalue weighted by molar-refractivity contribution is 0.0827. The molecule has 1 rings (SSSR count). The molecule has 0 aliphatic heterocycles. The van der Waals surface area contributed by atoms with Crippen molar-refractivity contribution >= 4 is 0 Å². The van der Waals surface area contributed by atoms with Crippen molar-refractivity contribution < 1.29 is 9.47 Å². The molecule has 1 aliphatic carbocycles. The van der Waals surface area contributed by atoms with Gasteiger partial charge < -0.3 is 15.2 Å². The van der Waals surface area contributed by atoms with Crippen LogP contribution in [0.2, 0.25) is 0 Å². The molecule has 0 heterocycles. The number of rotatable bonds is 8. The summed E-state index contributed by atoms with van der Waals surface area (Å²) < 4.78 is 10.6. The van der Waals surface area contributed by atoms with Crippen LogP contribution in [-0.2, 0) is 9.47 Å². The maximum atomic E-state index is 6.18. The first-order valence-electron chi connectivity index (χ1n) is 7.10. The minimum atomic E-state index is 0.403. The van der Waals surface area contributed by atoms with Gasteiger partial charge in [0, 0.05) is 33.0 Å². The standard InChI is InChI=1S/C14H29NO2/c1-3-12-5-6-14(15)13(11-12)7-10-17-9-4-8-16-2/h12-14H,3-11,15H2,1-2H3. The monoisotopic (exact) mass is 243 g/mol. The van der Waals surface area contributed by atoms with Gasteiger partial charge in [0.1, 0.15) is 0 Å². The van der Waals surface area contributed by atoms with Crippen molar-refractivity contribution in [3.8, 4) is 0 Å². The average molecular weight is 243 g/mol. The Labute approximate surface area is 106 Å². The zero-order chi connectivity index (χ0) is 12.5. The Bertz CT molecular complexity index is 187. The SMILES string of the molecule is CCC1CCC(N)C(CCOCCCOC)C1. The first-order valence-corrected chi connectivity index (χ1v) is 7.10. The molecule has 0 saturated heterocycles. The van der Waals surface area contributed by atoms with Crippen molar-refractivity contribution in [1.29, 1.82) is 0 Å². The molecule has 3 unspecified atom stereocenters. The van der Waals surface area contributed by atoms with Gasteiger partial charge in [-0.25, -0.2) is 0 Å². The van der Waals surface area contributed by atoms with Crippen molar-refractivity contribution in [2.45, 2.75) is 51.5 Å². The minimum Gasteiger partial charge on any atom is -0.385 e. The third-order valence-electron chi connectivity index (χ3n) is 4.00. The predicted octanol–water partition coefficient (Wildman–Crippen LogP) is 2.58. The largest absolute Gasteiger partial charge is 0.385 e. The van der Waals surface area contributed by atoms with E-state index in [1.807, 2.05) is 0 Å². The fraction of sp³-hybridized carbons (Fsp3) is 1.00. The van der Waals surface area contributed by atoms with Gasteiger partial charge in [-0.1, -0.05) is 13.3 Å². The minimum absolute atomic E-state index is 0.403. The van der Waals surface area contributed by atoms with Crippen molar-refractivity contribution in [3.05, 3.63) is 0 Å². The molecular weight excluding hydrogens is 214 g/mol. The summed E-state index contributed by atoms with van der Waals surface area (Å²) in [5, 5.41) is 0. The van der Waals surface area contributed by atoms with Gasteiger partial charge in [0.2, 0.25) is 0 Å². The summed E-state index contributed by atoms with van der Waals surface area (Å²) in [5.41, 5.74) is 6.18. The van der Waals surface area contributed by atoms with Crippen LogP contribution in [0.1, 0.15) is 45.4 Å². The summed E-state index contributed by atoms with van der Waals surface area (Å²) in [6, 6.07) is 0.403. The Hall–Kier alpha value is -0.120. The normalized spacial score (nSPS) is 29.5. The third-order valence-corrected chi connectivity index (χ3v) is 4.00. The molecule has 3 nitrogen and oxygen atoms in total. The number of methoxy groups -OCH3 is 1. The van der Waals surface area contributed by atoms with Gasteiger partial charge in [-0.2, -0.15) is 0 Å². The Morgan fingerprint density at radius 2 is 2.00 bits per heavy atom. The summed E-state index contributed by atoms with van der Waals surface area (Å²) in [6.45, 7) is 4.76. The van der Waals surface area contributed by atoms with Gasteiger partial charge in [0.15, 0.2) is 0 Å². The van der Waals surface area contributed by atoms with Crippen LogP contribution in [-0.4, -0.2) is 33.0 Å². The fourth-order valence-corrected chi connectivity index (χ4v) is 2.73. The van der Waals surface area contributed by atoms with E-state index < -0.39 is 0 Å². The smallest absolute Gasteiger partial charge is 0.0487 e. The molecule has 3 atom stereocenters. The second-order valence-corrected chi connectivity index (χ2v) is 5.26. The lowest BCUT2D eigenvalue weighted by atomic mass is 9.76. The molecule has 102 valence electrons. The van der Waals surface area contributed by atoms with Gasteiger partial charge in [0.25, 0.3) is 0 Å². The van der Waals surface area contributed by atoms with Crippen LogP contribution in [0.4, 0.5) is 0 Å². The summed E-state index contributed by atoms with van der Waals surface area (Å²) in [5.74, 6) is 1.57. The van der Waals surface area contributed by atoms with E-state index in [9.17, 15) is 0 Å². The lowest BCUT2D eigenvalue weighted by Crippen LogP contribution is -2.36. The molecule has 0 amide bonds. The zero-order valence-electron chi connectivity index (χ0n) is 11.5. The van der Waals surface area contributed by atoms with Crippen molar-refractivity contribution in [3.63, 3.8) is 0 Å². The van der Waals surface area contributed by atoms with E-state index in [-0.39, 0.29) is 0 Å². The van der Waals surface area contributed by atoms with Gasteiger partial charge >= 0.3 is 0 Å². The van der Waals surface area contributed by atoms with Gasteiger partial charge in [-0.05, 0) is 43.9 Å². The predicted molar refractivity (Wildman–Crippen MR) is 71.0 cm³/mol. The van der Waals surface area contributed by atoms with E-state index in [0.29, 0.717) is 12.0 Å². The second kappa shape index (κ2) is 8.90. The maximum Gasteiger partial charge on any atom is 0.0487 e. The maximum absolute atomic E-state index is 6.18. The van der Waals surface area contributed by atoms with Gasteiger partial charge in [-0.3, -0.25) is 0 Å². The van der Waals surface area contributed by atoms with Crippen LogP contribution < -0.4 is 5.73 Å². The number of hydrogen-bond acceptors (Lipinski definition) is 3. The Morgan fingerprint density at radius 3 is 2.71 bits per heavy atom. The highest BCUT2D eigenvalue weighted by Gasteiger charge is 2.26. The van der Waals surface area contributed by atoms with E-state index in [2.05, 4.69) is 6.92 Å². The van der Waals surface area contributed by atoms with E-state index in [1.54, 1.807) is 7.11 Å². The van der Waals surface area contributed by atoms with Crippen LogP contribution in [0.15, 0.2) is 0 Å². The molecule has 1 saturated carbocycles. The summed E-state index contributed by atoms with van der Waals surface area (Å²) >= 11 is 0. The highest BCUT2D eigenvalue weighted by atomic mass is 16.5. The molecule has 0 spiro atoms. The van der Waals surface area contributed by atoms with E-state index in [1.165, 1.54) is 25.7 Å².